The summed E-state index contributed by atoms with van der Waals surface area (Å²) in [5.41, 5.74) is 1.94. The average Bonchev–Trinajstić information content (AvgIpc) is 2.54. The zero-order valence-corrected chi connectivity index (χ0v) is 9.87. The lowest BCUT2D eigenvalue weighted by molar-refractivity contribution is 0.320. The summed E-state index contributed by atoms with van der Waals surface area (Å²) in [6, 6.07) is 6.46. The summed E-state index contributed by atoms with van der Waals surface area (Å²) in [6.07, 6.45) is 3.68. The van der Waals surface area contributed by atoms with Crippen LogP contribution in [0.1, 0.15) is 25.3 Å². The van der Waals surface area contributed by atoms with E-state index in [1.54, 1.807) is 7.11 Å². The Morgan fingerprint density at radius 2 is 2.25 bits per heavy atom. The highest BCUT2D eigenvalue weighted by Gasteiger charge is 2.24. The minimum Gasteiger partial charge on any atom is -0.494 e. The number of methoxy groups -OCH3 is 1. The van der Waals surface area contributed by atoms with Crippen molar-refractivity contribution in [1.29, 1.82) is 0 Å². The Kier molecular flexibility index (Phi) is 2.28. The number of para-hydroxylation sites is 1. The molecule has 4 heteroatoms. The maximum Gasteiger partial charge on any atom is 0.204 e. The molecule has 1 fully saturated rings. The van der Waals surface area contributed by atoms with Crippen molar-refractivity contribution in [2.75, 3.05) is 7.11 Å². The number of fused-ring (bicyclic) bond motifs is 1. The molecule has 0 saturated heterocycles. The molecule has 1 aliphatic carbocycles. The van der Waals surface area contributed by atoms with Crippen molar-refractivity contribution in [3.63, 3.8) is 0 Å². The first-order valence-electron chi connectivity index (χ1n) is 5.51. The third-order valence-electron chi connectivity index (χ3n) is 3.30. The molecule has 0 atom stereocenters. The predicted molar refractivity (Wildman–Crippen MR) is 64.2 cm³/mol. The molecule has 3 rings (SSSR count). The zero-order valence-electron chi connectivity index (χ0n) is 9.11. The quantitative estimate of drug-likeness (QED) is 0.799. The standard InChI is InChI=1S/C12H13ClN2O/c1-16-10-7-3-6-9-11(10)14-12(13)15(9)8-4-2-5-8/h3,6-8H,2,4-5H2,1H3. The van der Waals surface area contributed by atoms with Crippen molar-refractivity contribution in [2.24, 2.45) is 0 Å². The molecule has 1 aromatic heterocycles. The lowest BCUT2D eigenvalue weighted by Gasteiger charge is -2.28. The molecule has 0 amide bonds. The van der Waals surface area contributed by atoms with E-state index in [1.165, 1.54) is 19.3 Å². The van der Waals surface area contributed by atoms with E-state index in [-0.39, 0.29) is 0 Å². The highest BCUT2D eigenvalue weighted by Crippen LogP contribution is 2.38. The minimum absolute atomic E-state index is 0.518. The molecular weight excluding hydrogens is 224 g/mol. The van der Waals surface area contributed by atoms with Crippen LogP contribution in [0.3, 0.4) is 0 Å². The lowest BCUT2D eigenvalue weighted by atomic mass is 9.93. The van der Waals surface area contributed by atoms with E-state index in [9.17, 15) is 0 Å². The Bertz CT molecular complexity index is 531. The van der Waals surface area contributed by atoms with Crippen LogP contribution in [-0.2, 0) is 0 Å². The SMILES string of the molecule is COc1cccc2c1nc(Cl)n2C1CCC1. The third-order valence-corrected chi connectivity index (χ3v) is 3.57. The fraction of sp³-hybridized carbons (Fsp3) is 0.417. The van der Waals surface area contributed by atoms with E-state index in [4.69, 9.17) is 16.3 Å². The summed E-state index contributed by atoms with van der Waals surface area (Å²) in [6.45, 7) is 0. The number of imidazole rings is 1. The molecule has 3 nitrogen and oxygen atoms in total. The van der Waals surface area contributed by atoms with Gasteiger partial charge < -0.3 is 9.30 Å². The Labute approximate surface area is 99.0 Å². The molecule has 0 bridgehead atoms. The summed E-state index contributed by atoms with van der Waals surface area (Å²) in [4.78, 5) is 4.39. The van der Waals surface area contributed by atoms with Crippen LogP contribution >= 0.6 is 11.6 Å². The van der Waals surface area contributed by atoms with E-state index in [0.717, 1.165) is 16.8 Å². The number of halogens is 1. The van der Waals surface area contributed by atoms with Gasteiger partial charge in [0.25, 0.3) is 0 Å². The van der Waals surface area contributed by atoms with Crippen LogP contribution in [0.25, 0.3) is 11.0 Å². The van der Waals surface area contributed by atoms with Gasteiger partial charge in [0.05, 0.1) is 12.6 Å². The van der Waals surface area contributed by atoms with Crippen molar-refractivity contribution < 1.29 is 4.74 Å². The maximum absolute atomic E-state index is 6.20. The average molecular weight is 237 g/mol. The number of benzene rings is 1. The topological polar surface area (TPSA) is 27.1 Å². The summed E-state index contributed by atoms with van der Waals surface area (Å²) < 4.78 is 7.42. The Hall–Kier alpha value is -1.22. The second-order valence-electron chi connectivity index (χ2n) is 4.16. The highest BCUT2D eigenvalue weighted by molar-refractivity contribution is 6.29. The van der Waals surface area contributed by atoms with E-state index >= 15 is 0 Å². The van der Waals surface area contributed by atoms with Gasteiger partial charge in [0.15, 0.2) is 0 Å². The van der Waals surface area contributed by atoms with Crippen molar-refractivity contribution in [2.45, 2.75) is 25.3 Å². The predicted octanol–water partition coefficient (Wildman–Crippen LogP) is 3.42. The van der Waals surface area contributed by atoms with Crippen LogP contribution in [0.2, 0.25) is 5.28 Å². The zero-order chi connectivity index (χ0) is 11.1. The van der Waals surface area contributed by atoms with Gasteiger partial charge in [-0.25, -0.2) is 4.98 Å². The van der Waals surface area contributed by atoms with Crippen molar-refractivity contribution in [1.82, 2.24) is 9.55 Å². The second-order valence-corrected chi connectivity index (χ2v) is 4.50. The van der Waals surface area contributed by atoms with Gasteiger partial charge in [-0.15, -0.1) is 0 Å². The molecule has 0 aliphatic heterocycles. The fourth-order valence-electron chi connectivity index (χ4n) is 2.22. The number of ether oxygens (including phenoxy) is 1. The second kappa shape index (κ2) is 3.67. The fourth-order valence-corrected chi connectivity index (χ4v) is 2.53. The first-order valence-corrected chi connectivity index (χ1v) is 5.89. The number of nitrogens with zero attached hydrogens (tertiary/aromatic N) is 2. The number of hydrogen-bond donors (Lipinski definition) is 0. The van der Waals surface area contributed by atoms with Gasteiger partial charge in [-0.2, -0.15) is 0 Å². The van der Waals surface area contributed by atoms with E-state index < -0.39 is 0 Å². The summed E-state index contributed by atoms with van der Waals surface area (Å²) in [7, 11) is 1.66. The van der Waals surface area contributed by atoms with Crippen LogP contribution in [-0.4, -0.2) is 16.7 Å². The molecule has 0 unspecified atom stereocenters. The van der Waals surface area contributed by atoms with Crippen molar-refractivity contribution in [3.05, 3.63) is 23.5 Å². The van der Waals surface area contributed by atoms with Gasteiger partial charge in [0.2, 0.25) is 5.28 Å². The number of rotatable bonds is 2. The first-order chi connectivity index (χ1) is 7.81. The molecule has 0 radical (unpaired) electrons. The molecule has 0 spiro atoms. The van der Waals surface area contributed by atoms with E-state index in [1.807, 2.05) is 12.1 Å². The Morgan fingerprint density at radius 1 is 1.44 bits per heavy atom. The molecule has 16 heavy (non-hydrogen) atoms. The summed E-state index contributed by atoms with van der Waals surface area (Å²) in [5.74, 6) is 0.789. The molecule has 1 aromatic carbocycles. The van der Waals surface area contributed by atoms with Crippen molar-refractivity contribution in [3.8, 4) is 5.75 Å². The molecule has 1 heterocycles. The molecule has 1 saturated carbocycles. The van der Waals surface area contributed by atoms with Crippen LogP contribution in [0, 0.1) is 0 Å². The third kappa shape index (κ3) is 1.31. The Balaban J connectivity index is 2.24. The normalized spacial score (nSPS) is 16.4. The summed E-state index contributed by atoms with van der Waals surface area (Å²) in [5, 5.41) is 0.573. The maximum atomic E-state index is 6.20. The minimum atomic E-state index is 0.518. The van der Waals surface area contributed by atoms with Crippen LogP contribution < -0.4 is 4.74 Å². The van der Waals surface area contributed by atoms with E-state index in [0.29, 0.717) is 11.3 Å². The van der Waals surface area contributed by atoms with Gasteiger partial charge in [-0.1, -0.05) is 6.07 Å². The highest BCUT2D eigenvalue weighted by atomic mass is 35.5. The molecule has 1 aliphatic rings. The molecule has 84 valence electrons. The molecular formula is C12H13ClN2O. The largest absolute Gasteiger partial charge is 0.494 e. The number of hydrogen-bond acceptors (Lipinski definition) is 2. The summed E-state index contributed by atoms with van der Waals surface area (Å²) >= 11 is 6.20. The molecule has 2 aromatic rings. The molecule has 0 N–H and O–H groups in total. The van der Waals surface area contributed by atoms with Gasteiger partial charge >= 0.3 is 0 Å². The van der Waals surface area contributed by atoms with Gasteiger partial charge in [-0.3, -0.25) is 0 Å². The monoisotopic (exact) mass is 236 g/mol. The van der Waals surface area contributed by atoms with Crippen LogP contribution in [0.15, 0.2) is 18.2 Å². The van der Waals surface area contributed by atoms with Gasteiger partial charge in [0, 0.05) is 6.04 Å². The van der Waals surface area contributed by atoms with Gasteiger partial charge in [0.1, 0.15) is 11.3 Å². The Morgan fingerprint density at radius 3 is 2.88 bits per heavy atom. The first kappa shape index (κ1) is 9.97. The number of aromatic nitrogens is 2. The van der Waals surface area contributed by atoms with E-state index in [2.05, 4.69) is 15.6 Å². The van der Waals surface area contributed by atoms with Crippen LogP contribution in [0.5, 0.6) is 5.75 Å². The lowest BCUT2D eigenvalue weighted by Crippen LogP contribution is -2.16. The van der Waals surface area contributed by atoms with Crippen LogP contribution in [0.4, 0.5) is 0 Å². The smallest absolute Gasteiger partial charge is 0.204 e. The van der Waals surface area contributed by atoms with Gasteiger partial charge in [-0.05, 0) is 43.0 Å². The van der Waals surface area contributed by atoms with Crippen molar-refractivity contribution >= 4 is 22.6 Å².